The molecular formula is C9H9BrClI. The maximum Gasteiger partial charge on any atom is 0.0553 e. The summed E-state index contributed by atoms with van der Waals surface area (Å²) in [6.45, 7) is 4.32. The lowest BCUT2D eigenvalue weighted by atomic mass is 10.0. The Labute approximate surface area is 100.0 Å². The van der Waals surface area contributed by atoms with Crippen molar-refractivity contribution in [2.24, 2.45) is 0 Å². The van der Waals surface area contributed by atoms with Gasteiger partial charge in [0.1, 0.15) is 0 Å². The third kappa shape index (κ3) is 2.36. The molecule has 0 aromatic heterocycles. The van der Waals surface area contributed by atoms with Crippen LogP contribution in [0.25, 0.3) is 0 Å². The van der Waals surface area contributed by atoms with E-state index in [-0.39, 0.29) is 0 Å². The van der Waals surface area contributed by atoms with Crippen LogP contribution < -0.4 is 0 Å². The Morgan fingerprint density at radius 1 is 1.42 bits per heavy atom. The van der Waals surface area contributed by atoms with Crippen LogP contribution in [0.3, 0.4) is 0 Å². The molecule has 0 aliphatic heterocycles. The normalized spacial score (nSPS) is 10.8. The van der Waals surface area contributed by atoms with Crippen LogP contribution in [-0.4, -0.2) is 0 Å². The molecule has 66 valence electrons. The molecule has 12 heavy (non-hydrogen) atoms. The summed E-state index contributed by atoms with van der Waals surface area (Å²) < 4.78 is 2.16. The van der Waals surface area contributed by atoms with Gasteiger partial charge in [0.25, 0.3) is 0 Å². The molecule has 0 radical (unpaired) electrons. The highest BCUT2D eigenvalue weighted by Crippen LogP contribution is 2.30. The molecule has 0 saturated carbocycles. The van der Waals surface area contributed by atoms with Gasteiger partial charge in [0.2, 0.25) is 0 Å². The highest BCUT2D eigenvalue weighted by Gasteiger charge is 2.06. The van der Waals surface area contributed by atoms with Gasteiger partial charge in [-0.1, -0.05) is 25.4 Å². The lowest BCUT2D eigenvalue weighted by molar-refractivity contribution is 0.865. The second-order valence-corrected chi connectivity index (χ2v) is 5.29. The Hall–Kier alpha value is 0.720. The lowest BCUT2D eigenvalue weighted by Crippen LogP contribution is -1.89. The van der Waals surface area contributed by atoms with Crippen molar-refractivity contribution < 1.29 is 0 Å². The topological polar surface area (TPSA) is 0 Å². The highest BCUT2D eigenvalue weighted by molar-refractivity contribution is 14.1. The van der Waals surface area contributed by atoms with Gasteiger partial charge in [0.05, 0.1) is 5.02 Å². The number of benzene rings is 1. The van der Waals surface area contributed by atoms with Gasteiger partial charge in [0, 0.05) is 8.04 Å². The minimum atomic E-state index is 0.524. The average molecular weight is 359 g/mol. The van der Waals surface area contributed by atoms with E-state index in [9.17, 15) is 0 Å². The van der Waals surface area contributed by atoms with Crippen molar-refractivity contribution in [1.82, 2.24) is 0 Å². The fraction of sp³-hybridized carbons (Fsp3) is 0.333. The van der Waals surface area contributed by atoms with E-state index in [1.165, 1.54) is 5.56 Å². The van der Waals surface area contributed by atoms with Crippen LogP contribution in [-0.2, 0) is 0 Å². The average Bonchev–Trinajstić information content (AvgIpc) is 1.99. The van der Waals surface area contributed by atoms with Gasteiger partial charge < -0.3 is 0 Å². The van der Waals surface area contributed by atoms with Gasteiger partial charge in [-0.05, 0) is 62.1 Å². The van der Waals surface area contributed by atoms with Gasteiger partial charge >= 0.3 is 0 Å². The molecule has 0 unspecified atom stereocenters. The van der Waals surface area contributed by atoms with E-state index in [4.69, 9.17) is 11.6 Å². The van der Waals surface area contributed by atoms with Crippen LogP contribution in [0.15, 0.2) is 16.6 Å². The van der Waals surface area contributed by atoms with Crippen LogP contribution >= 0.6 is 50.1 Å². The van der Waals surface area contributed by atoms with E-state index in [2.05, 4.69) is 58.4 Å². The summed E-state index contributed by atoms with van der Waals surface area (Å²) in [5, 5.41) is 0.827. The van der Waals surface area contributed by atoms with Crippen molar-refractivity contribution in [3.63, 3.8) is 0 Å². The molecule has 0 aliphatic carbocycles. The Kier molecular flexibility index (Phi) is 3.86. The first-order chi connectivity index (χ1) is 5.52. The van der Waals surface area contributed by atoms with Crippen molar-refractivity contribution in [3.8, 4) is 0 Å². The van der Waals surface area contributed by atoms with Crippen molar-refractivity contribution >= 4 is 50.1 Å². The molecule has 0 bridgehead atoms. The Bertz CT molecular complexity index is 274. The number of halogens is 3. The van der Waals surface area contributed by atoms with Crippen LogP contribution in [0.2, 0.25) is 5.02 Å². The lowest BCUT2D eigenvalue weighted by Gasteiger charge is -2.08. The van der Waals surface area contributed by atoms with Gasteiger partial charge in [0.15, 0.2) is 0 Å². The molecule has 0 spiro atoms. The second-order valence-electron chi connectivity index (χ2n) is 2.95. The van der Waals surface area contributed by atoms with Crippen molar-refractivity contribution in [2.75, 3.05) is 0 Å². The maximum absolute atomic E-state index is 6.03. The molecule has 1 aromatic carbocycles. The fourth-order valence-corrected chi connectivity index (χ4v) is 2.04. The first-order valence-corrected chi connectivity index (χ1v) is 5.91. The summed E-state index contributed by atoms with van der Waals surface area (Å²) in [6.07, 6.45) is 0. The minimum Gasteiger partial charge on any atom is -0.0831 e. The predicted molar refractivity (Wildman–Crippen MR) is 66.0 cm³/mol. The minimum absolute atomic E-state index is 0.524. The third-order valence-corrected chi connectivity index (χ3v) is 4.82. The summed E-state index contributed by atoms with van der Waals surface area (Å²) in [5.74, 6) is 0.524. The van der Waals surface area contributed by atoms with E-state index in [0.717, 1.165) is 13.1 Å². The van der Waals surface area contributed by atoms with E-state index in [0.29, 0.717) is 5.92 Å². The van der Waals surface area contributed by atoms with Gasteiger partial charge in [-0.15, -0.1) is 0 Å². The first kappa shape index (κ1) is 10.8. The van der Waals surface area contributed by atoms with Crippen molar-refractivity contribution in [1.29, 1.82) is 0 Å². The number of hydrogen-bond acceptors (Lipinski definition) is 0. The fourth-order valence-electron chi connectivity index (χ4n) is 0.908. The van der Waals surface area contributed by atoms with Crippen molar-refractivity contribution in [3.05, 3.63) is 30.8 Å². The summed E-state index contributed by atoms with van der Waals surface area (Å²) >= 11 is 11.7. The summed E-state index contributed by atoms with van der Waals surface area (Å²) in [5.41, 5.74) is 1.27. The zero-order valence-corrected chi connectivity index (χ0v) is 11.4. The first-order valence-electron chi connectivity index (χ1n) is 3.67. The Balaban J connectivity index is 3.21. The molecule has 0 nitrogen and oxygen atoms in total. The van der Waals surface area contributed by atoms with Crippen LogP contribution in [0, 0.1) is 3.57 Å². The van der Waals surface area contributed by atoms with Crippen molar-refractivity contribution in [2.45, 2.75) is 19.8 Å². The monoisotopic (exact) mass is 358 g/mol. The second kappa shape index (κ2) is 4.29. The Morgan fingerprint density at radius 3 is 2.42 bits per heavy atom. The van der Waals surface area contributed by atoms with E-state index in [1.807, 2.05) is 6.07 Å². The largest absolute Gasteiger partial charge is 0.0831 e. The summed E-state index contributed by atoms with van der Waals surface area (Å²) in [4.78, 5) is 0. The maximum atomic E-state index is 6.03. The molecule has 0 aliphatic rings. The van der Waals surface area contributed by atoms with Crippen LogP contribution in [0.1, 0.15) is 25.3 Å². The zero-order valence-electron chi connectivity index (χ0n) is 6.87. The highest BCUT2D eigenvalue weighted by atomic mass is 127. The van der Waals surface area contributed by atoms with E-state index >= 15 is 0 Å². The van der Waals surface area contributed by atoms with Crippen LogP contribution in [0.4, 0.5) is 0 Å². The zero-order chi connectivity index (χ0) is 9.30. The molecule has 1 aromatic rings. The molecule has 0 amide bonds. The summed E-state index contributed by atoms with van der Waals surface area (Å²) in [6, 6.07) is 4.15. The van der Waals surface area contributed by atoms with E-state index < -0.39 is 0 Å². The van der Waals surface area contributed by atoms with E-state index in [1.54, 1.807) is 0 Å². The SMILES string of the molecule is CC(C)c1cc(Cl)c(I)c(Br)c1. The van der Waals surface area contributed by atoms with Crippen LogP contribution in [0.5, 0.6) is 0 Å². The molecule has 0 fully saturated rings. The van der Waals surface area contributed by atoms with Gasteiger partial charge in [-0.25, -0.2) is 0 Å². The molecular weight excluding hydrogens is 350 g/mol. The Morgan fingerprint density at radius 2 is 2.00 bits per heavy atom. The number of hydrogen-bond donors (Lipinski definition) is 0. The molecule has 0 saturated heterocycles. The molecule has 0 heterocycles. The predicted octanol–water partition coefficient (Wildman–Crippen LogP) is 4.83. The molecule has 0 atom stereocenters. The third-order valence-electron chi connectivity index (χ3n) is 1.67. The van der Waals surface area contributed by atoms with Gasteiger partial charge in [-0.2, -0.15) is 0 Å². The number of rotatable bonds is 1. The smallest absolute Gasteiger partial charge is 0.0553 e. The molecule has 3 heteroatoms. The van der Waals surface area contributed by atoms with Gasteiger partial charge in [-0.3, -0.25) is 0 Å². The quantitative estimate of drug-likeness (QED) is 0.498. The standard InChI is InChI=1S/C9H9BrClI/c1-5(2)6-3-7(10)9(12)8(11)4-6/h3-5H,1-2H3. The summed E-state index contributed by atoms with van der Waals surface area (Å²) in [7, 11) is 0. The molecule has 0 N–H and O–H groups in total. The molecule has 1 rings (SSSR count).